The predicted octanol–water partition coefficient (Wildman–Crippen LogP) is 3.65. The van der Waals surface area contributed by atoms with Gasteiger partial charge in [0.05, 0.1) is 12.0 Å². The van der Waals surface area contributed by atoms with Crippen molar-refractivity contribution in [2.45, 2.75) is 32.7 Å². The lowest BCUT2D eigenvalue weighted by Crippen LogP contribution is -2.12. The molecule has 1 amide bonds. The van der Waals surface area contributed by atoms with Gasteiger partial charge in [-0.05, 0) is 23.1 Å². The van der Waals surface area contributed by atoms with Crippen molar-refractivity contribution in [1.29, 1.82) is 0 Å². The summed E-state index contributed by atoms with van der Waals surface area (Å²) >= 11 is 6.19. The van der Waals surface area contributed by atoms with Crippen LogP contribution in [-0.4, -0.2) is 11.0 Å². The van der Waals surface area contributed by atoms with Crippen LogP contribution >= 0.6 is 11.6 Å². The molecule has 2 aromatic rings. The summed E-state index contributed by atoms with van der Waals surface area (Å²) in [5.41, 5.74) is 7.24. The lowest BCUT2D eigenvalue weighted by atomic mass is 9.86. The second kappa shape index (κ2) is 5.93. The van der Waals surface area contributed by atoms with Crippen molar-refractivity contribution in [2.24, 2.45) is 5.73 Å². The summed E-state index contributed by atoms with van der Waals surface area (Å²) in [5, 5.41) is 13.6. The van der Waals surface area contributed by atoms with E-state index in [2.05, 4.69) is 5.32 Å². The zero-order chi connectivity index (χ0) is 16.5. The molecule has 5 nitrogen and oxygen atoms in total. The first-order valence-corrected chi connectivity index (χ1v) is 7.20. The molecule has 1 heterocycles. The first-order valence-electron chi connectivity index (χ1n) is 6.82. The van der Waals surface area contributed by atoms with Crippen LogP contribution in [0.15, 0.2) is 28.9 Å². The summed E-state index contributed by atoms with van der Waals surface area (Å²) in [6.07, 6.45) is 1.45. The monoisotopic (exact) mass is 322 g/mol. The Hall–Kier alpha value is -2.14. The van der Waals surface area contributed by atoms with Crippen LogP contribution in [-0.2, 0) is 12.0 Å². The van der Waals surface area contributed by atoms with Gasteiger partial charge in [0, 0.05) is 23.2 Å². The Labute approximate surface area is 134 Å². The van der Waals surface area contributed by atoms with E-state index in [1.165, 1.54) is 12.3 Å². The van der Waals surface area contributed by atoms with Gasteiger partial charge < -0.3 is 20.6 Å². The Kier molecular flexibility index (Phi) is 4.37. The van der Waals surface area contributed by atoms with Crippen LogP contribution in [0.5, 0.6) is 5.75 Å². The van der Waals surface area contributed by atoms with Gasteiger partial charge in [-0.25, -0.2) is 0 Å². The smallest absolute Gasteiger partial charge is 0.284 e. The highest BCUT2D eigenvalue weighted by atomic mass is 35.5. The molecule has 0 aliphatic heterocycles. The van der Waals surface area contributed by atoms with E-state index < -0.39 is 5.91 Å². The van der Waals surface area contributed by atoms with Gasteiger partial charge in [0.25, 0.3) is 5.91 Å². The number of hydrogen-bond donors (Lipinski definition) is 3. The predicted molar refractivity (Wildman–Crippen MR) is 86.4 cm³/mol. The number of nitrogens with two attached hydrogens (primary N) is 1. The molecule has 0 aliphatic carbocycles. The number of primary amides is 1. The molecule has 0 saturated carbocycles. The van der Waals surface area contributed by atoms with Crippen LogP contribution in [0.2, 0.25) is 5.02 Å². The molecular formula is C16H19ClN2O3. The zero-order valence-corrected chi connectivity index (χ0v) is 13.5. The van der Waals surface area contributed by atoms with Gasteiger partial charge >= 0.3 is 0 Å². The Morgan fingerprint density at radius 2 is 2.05 bits per heavy atom. The standard InChI is InChI=1S/C16H19ClN2O3/c1-16(2,3)10-5-12(13(20)6-11(10)17)19-7-9-4-14(15(18)21)22-8-9/h4-6,8,19-20H,7H2,1-3H3,(H2,18,21). The second-order valence-corrected chi connectivity index (χ2v) is 6.54. The fourth-order valence-corrected chi connectivity index (χ4v) is 2.52. The number of hydrogen-bond acceptors (Lipinski definition) is 4. The van der Waals surface area contributed by atoms with Crippen molar-refractivity contribution in [1.82, 2.24) is 0 Å². The molecule has 0 fully saturated rings. The van der Waals surface area contributed by atoms with Crippen LogP contribution < -0.4 is 11.1 Å². The molecule has 0 atom stereocenters. The maximum absolute atomic E-state index is 11.0. The largest absolute Gasteiger partial charge is 0.506 e. The third kappa shape index (κ3) is 3.54. The maximum atomic E-state index is 11.0. The molecule has 4 N–H and O–H groups in total. The molecule has 22 heavy (non-hydrogen) atoms. The van der Waals surface area contributed by atoms with Crippen LogP contribution in [0.25, 0.3) is 0 Å². The highest BCUT2D eigenvalue weighted by Gasteiger charge is 2.19. The van der Waals surface area contributed by atoms with Gasteiger partial charge in [-0.3, -0.25) is 4.79 Å². The normalized spacial score (nSPS) is 11.5. The molecule has 0 aliphatic rings. The number of nitrogens with one attached hydrogen (secondary N) is 1. The van der Waals surface area contributed by atoms with E-state index in [0.717, 1.165) is 11.1 Å². The average Bonchev–Trinajstić information content (AvgIpc) is 2.85. The second-order valence-electron chi connectivity index (χ2n) is 6.14. The van der Waals surface area contributed by atoms with E-state index in [0.29, 0.717) is 17.3 Å². The van der Waals surface area contributed by atoms with Gasteiger partial charge in [0.15, 0.2) is 5.76 Å². The zero-order valence-electron chi connectivity index (χ0n) is 12.7. The maximum Gasteiger partial charge on any atom is 0.284 e. The van der Waals surface area contributed by atoms with Gasteiger partial charge in [-0.1, -0.05) is 32.4 Å². The molecule has 2 rings (SSSR count). The van der Waals surface area contributed by atoms with E-state index in [-0.39, 0.29) is 16.9 Å². The van der Waals surface area contributed by atoms with Crippen LogP contribution in [0, 0.1) is 0 Å². The van der Waals surface area contributed by atoms with Crippen LogP contribution in [0.1, 0.15) is 42.5 Å². The van der Waals surface area contributed by atoms with Crippen molar-refractivity contribution < 1.29 is 14.3 Å². The highest BCUT2D eigenvalue weighted by Crippen LogP contribution is 2.37. The minimum absolute atomic E-state index is 0.0663. The number of carbonyl (C=O) groups excluding carboxylic acids is 1. The van der Waals surface area contributed by atoms with Gasteiger partial charge in [-0.15, -0.1) is 0 Å². The highest BCUT2D eigenvalue weighted by molar-refractivity contribution is 6.31. The van der Waals surface area contributed by atoms with Crippen molar-refractivity contribution in [2.75, 3.05) is 5.32 Å². The molecule has 0 saturated heterocycles. The summed E-state index contributed by atoms with van der Waals surface area (Å²) in [6, 6.07) is 4.91. The topological polar surface area (TPSA) is 88.5 Å². The van der Waals surface area contributed by atoms with E-state index in [1.807, 2.05) is 26.8 Å². The molecule has 6 heteroatoms. The molecule has 1 aromatic carbocycles. The van der Waals surface area contributed by atoms with Crippen LogP contribution in [0.4, 0.5) is 5.69 Å². The molecule has 0 bridgehead atoms. The molecule has 118 valence electrons. The fourth-order valence-electron chi connectivity index (χ4n) is 2.07. The summed E-state index contributed by atoms with van der Waals surface area (Å²) in [6.45, 7) is 6.52. The molecule has 1 aromatic heterocycles. The minimum Gasteiger partial charge on any atom is -0.506 e. The molecule has 0 radical (unpaired) electrons. The minimum atomic E-state index is -0.615. The number of halogens is 1. The number of amides is 1. The number of benzene rings is 1. The number of rotatable bonds is 4. The molecular weight excluding hydrogens is 304 g/mol. The van der Waals surface area contributed by atoms with Gasteiger partial charge in [0.1, 0.15) is 5.75 Å². The van der Waals surface area contributed by atoms with E-state index >= 15 is 0 Å². The molecule has 0 spiro atoms. The summed E-state index contributed by atoms with van der Waals surface area (Å²) < 4.78 is 5.04. The average molecular weight is 323 g/mol. The number of anilines is 1. The quantitative estimate of drug-likeness (QED) is 0.750. The summed E-state index contributed by atoms with van der Waals surface area (Å²) in [4.78, 5) is 11.0. The first-order chi connectivity index (χ1) is 10.2. The third-order valence-corrected chi connectivity index (χ3v) is 3.59. The summed E-state index contributed by atoms with van der Waals surface area (Å²) in [7, 11) is 0. The lowest BCUT2D eigenvalue weighted by Gasteiger charge is -2.22. The summed E-state index contributed by atoms with van der Waals surface area (Å²) in [5.74, 6) is -0.445. The third-order valence-electron chi connectivity index (χ3n) is 3.27. The van der Waals surface area contributed by atoms with Crippen molar-refractivity contribution in [3.05, 3.63) is 46.4 Å². The van der Waals surface area contributed by atoms with Crippen LogP contribution in [0.3, 0.4) is 0 Å². The Bertz CT molecular complexity index is 702. The fraction of sp³-hybridized carbons (Fsp3) is 0.312. The van der Waals surface area contributed by atoms with E-state index in [1.54, 1.807) is 6.07 Å². The number of phenols is 1. The SMILES string of the molecule is CC(C)(C)c1cc(NCc2coc(C(N)=O)c2)c(O)cc1Cl. The number of aromatic hydroxyl groups is 1. The Morgan fingerprint density at radius 1 is 1.36 bits per heavy atom. The van der Waals surface area contributed by atoms with Crippen molar-refractivity contribution in [3.8, 4) is 5.75 Å². The Balaban J connectivity index is 2.20. The van der Waals surface area contributed by atoms with Crippen molar-refractivity contribution >= 4 is 23.2 Å². The van der Waals surface area contributed by atoms with Gasteiger partial charge in [0.2, 0.25) is 0 Å². The number of phenolic OH excluding ortho intramolecular Hbond substituents is 1. The molecule has 0 unspecified atom stereocenters. The van der Waals surface area contributed by atoms with Crippen molar-refractivity contribution in [3.63, 3.8) is 0 Å². The number of carbonyl (C=O) groups is 1. The van der Waals surface area contributed by atoms with E-state index in [9.17, 15) is 9.90 Å². The first kappa shape index (κ1) is 16.2. The Morgan fingerprint density at radius 3 is 2.59 bits per heavy atom. The lowest BCUT2D eigenvalue weighted by molar-refractivity contribution is 0.0974. The van der Waals surface area contributed by atoms with E-state index in [4.69, 9.17) is 21.8 Å². The number of furan rings is 1. The van der Waals surface area contributed by atoms with Gasteiger partial charge in [-0.2, -0.15) is 0 Å².